The molecule has 36 heavy (non-hydrogen) atoms. The second-order valence-electron chi connectivity index (χ2n) is 10.2. The number of aryl methyl sites for hydroxylation is 2. The van der Waals surface area contributed by atoms with Crippen molar-refractivity contribution in [2.75, 3.05) is 6.61 Å². The van der Waals surface area contributed by atoms with Gasteiger partial charge >= 0.3 is 0 Å². The summed E-state index contributed by atoms with van der Waals surface area (Å²) in [5.41, 5.74) is 3.87. The normalized spacial score (nSPS) is 12.0. The third kappa shape index (κ3) is 8.26. The number of carbonyl (C=O) groups is 2. The van der Waals surface area contributed by atoms with Gasteiger partial charge in [-0.25, -0.2) is 0 Å². The first-order valence-electron chi connectivity index (χ1n) is 12.6. The second-order valence-corrected chi connectivity index (χ2v) is 10.2. The van der Waals surface area contributed by atoms with Crippen LogP contribution in [0.5, 0.6) is 5.75 Å². The van der Waals surface area contributed by atoms with Gasteiger partial charge in [0.2, 0.25) is 5.91 Å². The van der Waals surface area contributed by atoms with Crippen LogP contribution in [0, 0.1) is 6.92 Å². The Balaban J connectivity index is 1.90. The van der Waals surface area contributed by atoms with Gasteiger partial charge in [-0.1, -0.05) is 79.2 Å². The summed E-state index contributed by atoms with van der Waals surface area (Å²) in [6, 6.07) is 24.9. The van der Waals surface area contributed by atoms with Crippen molar-refractivity contribution in [2.24, 2.45) is 0 Å². The van der Waals surface area contributed by atoms with Gasteiger partial charge in [-0.2, -0.15) is 0 Å². The van der Waals surface area contributed by atoms with Crippen molar-refractivity contribution in [3.63, 3.8) is 0 Å². The van der Waals surface area contributed by atoms with E-state index in [4.69, 9.17) is 4.74 Å². The summed E-state index contributed by atoms with van der Waals surface area (Å²) >= 11 is 0. The topological polar surface area (TPSA) is 58.6 Å². The van der Waals surface area contributed by atoms with E-state index in [0.29, 0.717) is 18.7 Å². The van der Waals surface area contributed by atoms with E-state index in [1.165, 1.54) is 5.56 Å². The number of amides is 2. The van der Waals surface area contributed by atoms with E-state index in [1.54, 1.807) is 4.90 Å². The lowest BCUT2D eigenvalue weighted by atomic mass is 10.0. The third-order valence-corrected chi connectivity index (χ3v) is 5.94. The zero-order valence-electron chi connectivity index (χ0n) is 22.1. The van der Waals surface area contributed by atoms with E-state index in [-0.39, 0.29) is 18.4 Å². The molecule has 0 spiro atoms. The van der Waals surface area contributed by atoms with Gasteiger partial charge < -0.3 is 15.0 Å². The molecule has 2 amide bonds. The molecule has 0 radical (unpaired) electrons. The van der Waals surface area contributed by atoms with Crippen LogP contribution in [0.1, 0.15) is 49.9 Å². The maximum Gasteiger partial charge on any atom is 0.261 e. The van der Waals surface area contributed by atoms with Gasteiger partial charge in [0.1, 0.15) is 11.8 Å². The Morgan fingerprint density at radius 1 is 0.861 bits per heavy atom. The molecule has 0 bridgehead atoms. The highest BCUT2D eigenvalue weighted by molar-refractivity contribution is 5.89. The Bertz CT molecular complexity index is 1120. The molecule has 0 aliphatic rings. The summed E-state index contributed by atoms with van der Waals surface area (Å²) < 4.78 is 5.86. The molecule has 0 saturated carbocycles. The number of nitrogens with one attached hydrogen (secondary N) is 1. The summed E-state index contributed by atoms with van der Waals surface area (Å²) in [6.45, 7) is 10.1. The van der Waals surface area contributed by atoms with E-state index < -0.39 is 11.6 Å². The smallest absolute Gasteiger partial charge is 0.261 e. The molecule has 5 heteroatoms. The fraction of sp³-hybridized carbons (Fsp3) is 0.355. The van der Waals surface area contributed by atoms with Crippen LogP contribution in [0.3, 0.4) is 0 Å². The SMILES string of the molecule is CCc1ccc(OCC(=O)N(Cc2ccc(C)cc2)[C@H](Cc2ccccc2)C(=O)NC(C)(C)C)cc1. The fourth-order valence-electron chi connectivity index (χ4n) is 3.95. The van der Waals surface area contributed by atoms with Crippen molar-refractivity contribution in [3.05, 3.63) is 101 Å². The molecule has 0 unspecified atom stereocenters. The molecule has 0 saturated heterocycles. The van der Waals surface area contributed by atoms with Crippen LogP contribution >= 0.6 is 0 Å². The molecule has 5 nitrogen and oxygen atoms in total. The summed E-state index contributed by atoms with van der Waals surface area (Å²) in [6.07, 6.45) is 1.35. The van der Waals surface area contributed by atoms with Crippen molar-refractivity contribution in [1.82, 2.24) is 10.2 Å². The van der Waals surface area contributed by atoms with E-state index in [0.717, 1.165) is 23.1 Å². The Hall–Kier alpha value is -3.60. The number of benzene rings is 3. The van der Waals surface area contributed by atoms with Crippen LogP contribution in [0.4, 0.5) is 0 Å². The molecule has 3 rings (SSSR count). The molecule has 0 aliphatic carbocycles. The number of ether oxygens (including phenoxy) is 1. The zero-order valence-corrected chi connectivity index (χ0v) is 22.1. The Morgan fingerprint density at radius 2 is 1.47 bits per heavy atom. The number of carbonyl (C=O) groups excluding carboxylic acids is 2. The number of hydrogen-bond donors (Lipinski definition) is 1. The van der Waals surface area contributed by atoms with E-state index in [1.807, 2.05) is 107 Å². The van der Waals surface area contributed by atoms with Gasteiger partial charge in [-0.05, 0) is 62.9 Å². The largest absolute Gasteiger partial charge is 0.484 e. The number of nitrogens with zero attached hydrogens (tertiary/aromatic N) is 1. The zero-order chi connectivity index (χ0) is 26.1. The number of hydrogen-bond acceptors (Lipinski definition) is 3. The van der Waals surface area contributed by atoms with Crippen LogP contribution in [0.2, 0.25) is 0 Å². The van der Waals surface area contributed by atoms with Crippen LogP contribution in [-0.4, -0.2) is 34.9 Å². The predicted molar refractivity (Wildman–Crippen MR) is 145 cm³/mol. The molecule has 1 N–H and O–H groups in total. The Labute approximate surface area is 215 Å². The standard InChI is InChI=1S/C31H38N2O3/c1-6-24-16-18-27(19-17-24)36-22-29(34)33(21-26-14-12-23(2)13-15-26)28(30(35)32-31(3,4)5)20-25-10-8-7-9-11-25/h7-19,28H,6,20-22H2,1-5H3,(H,32,35)/t28-/m1/s1. The summed E-state index contributed by atoms with van der Waals surface area (Å²) in [4.78, 5) is 28.8. The highest BCUT2D eigenvalue weighted by Gasteiger charge is 2.32. The van der Waals surface area contributed by atoms with E-state index in [9.17, 15) is 9.59 Å². The highest BCUT2D eigenvalue weighted by Crippen LogP contribution is 2.18. The molecular formula is C31H38N2O3. The van der Waals surface area contributed by atoms with Crippen LogP contribution in [-0.2, 0) is 29.0 Å². The molecule has 0 aromatic heterocycles. The second kappa shape index (κ2) is 12.4. The monoisotopic (exact) mass is 486 g/mol. The number of rotatable bonds is 10. The van der Waals surface area contributed by atoms with Gasteiger partial charge in [-0.3, -0.25) is 9.59 Å². The van der Waals surface area contributed by atoms with Gasteiger partial charge in [-0.15, -0.1) is 0 Å². The Morgan fingerprint density at radius 3 is 2.06 bits per heavy atom. The molecule has 190 valence electrons. The van der Waals surface area contributed by atoms with E-state index >= 15 is 0 Å². The minimum absolute atomic E-state index is 0.147. The third-order valence-electron chi connectivity index (χ3n) is 5.94. The first-order valence-corrected chi connectivity index (χ1v) is 12.6. The van der Waals surface area contributed by atoms with Crippen molar-refractivity contribution < 1.29 is 14.3 Å². The molecule has 3 aromatic rings. The van der Waals surface area contributed by atoms with Gasteiger partial charge in [0.05, 0.1) is 0 Å². The summed E-state index contributed by atoms with van der Waals surface area (Å²) in [7, 11) is 0. The van der Waals surface area contributed by atoms with Crippen molar-refractivity contribution >= 4 is 11.8 Å². The van der Waals surface area contributed by atoms with Crippen molar-refractivity contribution in [1.29, 1.82) is 0 Å². The van der Waals surface area contributed by atoms with Gasteiger partial charge in [0.25, 0.3) is 5.91 Å². The lowest BCUT2D eigenvalue weighted by molar-refractivity contribution is -0.143. The first kappa shape index (κ1) is 27.0. The molecule has 0 aliphatic heterocycles. The van der Waals surface area contributed by atoms with Crippen molar-refractivity contribution in [2.45, 2.75) is 65.6 Å². The van der Waals surface area contributed by atoms with Crippen LogP contribution < -0.4 is 10.1 Å². The lowest BCUT2D eigenvalue weighted by Crippen LogP contribution is -2.55. The fourth-order valence-corrected chi connectivity index (χ4v) is 3.95. The lowest BCUT2D eigenvalue weighted by Gasteiger charge is -2.33. The minimum Gasteiger partial charge on any atom is -0.484 e. The maximum absolute atomic E-state index is 13.6. The van der Waals surface area contributed by atoms with Gasteiger partial charge in [0, 0.05) is 18.5 Å². The predicted octanol–water partition coefficient (Wildman–Crippen LogP) is 5.49. The van der Waals surface area contributed by atoms with Crippen molar-refractivity contribution in [3.8, 4) is 5.75 Å². The van der Waals surface area contributed by atoms with Crippen LogP contribution in [0.15, 0.2) is 78.9 Å². The average Bonchev–Trinajstić information content (AvgIpc) is 2.85. The maximum atomic E-state index is 13.6. The van der Waals surface area contributed by atoms with Gasteiger partial charge in [0.15, 0.2) is 6.61 Å². The minimum atomic E-state index is -0.688. The van der Waals surface area contributed by atoms with Crippen LogP contribution in [0.25, 0.3) is 0 Å². The molecule has 0 fully saturated rings. The average molecular weight is 487 g/mol. The molecule has 1 atom stereocenters. The molecule has 3 aromatic carbocycles. The van der Waals surface area contributed by atoms with E-state index in [2.05, 4.69) is 12.2 Å². The quantitative estimate of drug-likeness (QED) is 0.412. The highest BCUT2D eigenvalue weighted by atomic mass is 16.5. The molecular weight excluding hydrogens is 448 g/mol. The Kier molecular flexibility index (Phi) is 9.29. The summed E-state index contributed by atoms with van der Waals surface area (Å²) in [5, 5.41) is 3.08. The summed E-state index contributed by atoms with van der Waals surface area (Å²) in [5.74, 6) is 0.217. The first-order chi connectivity index (χ1) is 17.1. The molecule has 0 heterocycles.